The van der Waals surface area contributed by atoms with Gasteiger partial charge in [0.25, 0.3) is 0 Å². The summed E-state index contributed by atoms with van der Waals surface area (Å²) in [5.41, 5.74) is 6.97. The molecule has 0 bridgehead atoms. The van der Waals surface area contributed by atoms with E-state index in [-0.39, 0.29) is 6.04 Å². The fourth-order valence-electron chi connectivity index (χ4n) is 4.73. The number of benzene rings is 1. The second kappa shape index (κ2) is 12.1. The molecule has 3 atom stereocenters. The molecule has 0 spiro atoms. The number of hydrogen-bond donors (Lipinski definition) is 3. The number of unbranched alkanes of at least 4 members (excludes halogenated alkanes) is 7. The second-order valence-electron chi connectivity index (χ2n) is 9.17. The molecule has 0 radical (unpaired) electrons. The van der Waals surface area contributed by atoms with Crippen molar-refractivity contribution in [3.05, 3.63) is 35.4 Å². The van der Waals surface area contributed by atoms with Gasteiger partial charge in [-0.25, -0.2) is 0 Å². The van der Waals surface area contributed by atoms with Gasteiger partial charge in [0.1, 0.15) is 0 Å². The Hall–Kier alpha value is -1.88. The van der Waals surface area contributed by atoms with Crippen molar-refractivity contribution in [2.45, 2.75) is 97.1 Å². The third kappa shape index (κ3) is 6.83. The molecule has 168 valence electrons. The summed E-state index contributed by atoms with van der Waals surface area (Å²) in [6, 6.07) is 8.41. The van der Waals surface area contributed by atoms with E-state index in [4.69, 9.17) is 5.73 Å². The first-order valence-corrected chi connectivity index (χ1v) is 11.7. The van der Waals surface area contributed by atoms with Gasteiger partial charge in [-0.1, -0.05) is 76.1 Å². The summed E-state index contributed by atoms with van der Waals surface area (Å²) < 4.78 is 0. The van der Waals surface area contributed by atoms with Gasteiger partial charge in [-0.15, -0.1) is 0 Å². The number of carbonyl (C=O) groups is 2. The Labute approximate surface area is 181 Å². The molecule has 1 aliphatic rings. The third-order valence-corrected chi connectivity index (χ3v) is 6.77. The van der Waals surface area contributed by atoms with E-state index < -0.39 is 23.2 Å². The molecular weight excluding hydrogens is 376 g/mol. The van der Waals surface area contributed by atoms with Crippen molar-refractivity contribution < 1.29 is 14.7 Å². The highest BCUT2D eigenvalue weighted by Crippen LogP contribution is 2.43. The van der Waals surface area contributed by atoms with Gasteiger partial charge in [0.2, 0.25) is 5.91 Å². The summed E-state index contributed by atoms with van der Waals surface area (Å²) in [5, 5.41) is 12.9. The van der Waals surface area contributed by atoms with E-state index in [0.717, 1.165) is 12.0 Å². The van der Waals surface area contributed by atoms with Gasteiger partial charge in [-0.3, -0.25) is 9.59 Å². The molecule has 1 aromatic carbocycles. The van der Waals surface area contributed by atoms with Crippen LogP contribution in [0, 0.1) is 11.3 Å². The summed E-state index contributed by atoms with van der Waals surface area (Å²) in [4.78, 5) is 23.6. The molecule has 30 heavy (non-hydrogen) atoms. The van der Waals surface area contributed by atoms with Crippen LogP contribution in [-0.4, -0.2) is 23.0 Å². The molecule has 0 aliphatic heterocycles. The zero-order valence-electron chi connectivity index (χ0n) is 18.8. The first kappa shape index (κ1) is 24.4. The number of rotatable bonds is 14. The van der Waals surface area contributed by atoms with Crippen molar-refractivity contribution in [2.24, 2.45) is 17.1 Å². The van der Waals surface area contributed by atoms with Crippen LogP contribution in [0.25, 0.3) is 0 Å². The molecule has 1 saturated carbocycles. The van der Waals surface area contributed by atoms with Gasteiger partial charge in [-0.2, -0.15) is 0 Å². The van der Waals surface area contributed by atoms with Crippen molar-refractivity contribution >= 4 is 11.9 Å². The zero-order valence-corrected chi connectivity index (χ0v) is 18.8. The van der Waals surface area contributed by atoms with E-state index in [0.29, 0.717) is 19.4 Å². The van der Waals surface area contributed by atoms with Gasteiger partial charge in [-0.05, 0) is 43.7 Å². The maximum Gasteiger partial charge on any atom is 0.310 e. The molecule has 4 N–H and O–H groups in total. The average Bonchev–Trinajstić information content (AvgIpc) is 3.07. The molecule has 0 aromatic heterocycles. The predicted octanol–water partition coefficient (Wildman–Crippen LogP) is 4.81. The Kier molecular flexibility index (Phi) is 9.83. The van der Waals surface area contributed by atoms with Crippen LogP contribution in [0.5, 0.6) is 0 Å². The van der Waals surface area contributed by atoms with Crippen LogP contribution in [-0.2, 0) is 22.6 Å². The number of carboxylic acids is 1. The number of aliphatic carboxylic acids is 1. The van der Waals surface area contributed by atoms with E-state index in [1.165, 1.54) is 56.9 Å². The molecular formula is C25H40N2O3. The SMILES string of the molecule is CCCCCCCCCCc1ccc(CNC2CCC(C)(C(=O)O)C2C(N)=O)cc1. The number of carbonyl (C=O) groups excluding carboxylic acids is 1. The molecule has 2 rings (SSSR count). The maximum absolute atomic E-state index is 11.9. The number of nitrogens with two attached hydrogens (primary N) is 1. The summed E-state index contributed by atoms with van der Waals surface area (Å²) in [7, 11) is 0. The van der Waals surface area contributed by atoms with E-state index in [1.54, 1.807) is 6.92 Å². The van der Waals surface area contributed by atoms with Crippen molar-refractivity contribution in [3.63, 3.8) is 0 Å². The van der Waals surface area contributed by atoms with E-state index in [9.17, 15) is 14.7 Å². The Morgan fingerprint density at radius 3 is 2.17 bits per heavy atom. The molecule has 1 amide bonds. The molecule has 1 fully saturated rings. The summed E-state index contributed by atoms with van der Waals surface area (Å²) in [6.45, 7) is 4.50. The van der Waals surface area contributed by atoms with Crippen molar-refractivity contribution in [1.82, 2.24) is 5.32 Å². The minimum atomic E-state index is -1.08. The Morgan fingerprint density at radius 2 is 1.60 bits per heavy atom. The lowest BCUT2D eigenvalue weighted by molar-refractivity contribution is -0.153. The topological polar surface area (TPSA) is 92.4 Å². The molecule has 0 heterocycles. The van der Waals surface area contributed by atoms with Gasteiger partial charge in [0.05, 0.1) is 11.3 Å². The van der Waals surface area contributed by atoms with Gasteiger partial charge in [0, 0.05) is 12.6 Å². The van der Waals surface area contributed by atoms with E-state index in [2.05, 4.69) is 36.5 Å². The average molecular weight is 417 g/mol. The highest BCUT2D eigenvalue weighted by Gasteiger charge is 2.53. The summed E-state index contributed by atoms with van der Waals surface area (Å²) in [6.07, 6.45) is 12.9. The third-order valence-electron chi connectivity index (χ3n) is 6.77. The van der Waals surface area contributed by atoms with Gasteiger partial charge in [0.15, 0.2) is 0 Å². The van der Waals surface area contributed by atoms with E-state index >= 15 is 0 Å². The molecule has 5 nitrogen and oxygen atoms in total. The molecule has 0 saturated heterocycles. The van der Waals surface area contributed by atoms with Crippen molar-refractivity contribution in [2.75, 3.05) is 0 Å². The minimum absolute atomic E-state index is 0.194. The number of primary amides is 1. The molecule has 3 unspecified atom stereocenters. The van der Waals surface area contributed by atoms with Crippen LogP contribution >= 0.6 is 0 Å². The number of aryl methyl sites for hydroxylation is 1. The maximum atomic E-state index is 11.9. The number of nitrogens with one attached hydrogen (secondary N) is 1. The van der Waals surface area contributed by atoms with Crippen LogP contribution in [0.1, 0.15) is 89.2 Å². The lowest BCUT2D eigenvalue weighted by Crippen LogP contribution is -2.47. The fraction of sp³-hybridized carbons (Fsp3) is 0.680. The van der Waals surface area contributed by atoms with Gasteiger partial charge < -0.3 is 16.2 Å². The lowest BCUT2D eigenvalue weighted by Gasteiger charge is -2.28. The van der Waals surface area contributed by atoms with E-state index in [1.807, 2.05) is 0 Å². The standard InChI is InChI=1S/C25H40N2O3/c1-3-4-5-6-7-8-9-10-11-19-12-14-20(15-13-19)18-27-21-16-17-25(2,24(29)30)22(21)23(26)28/h12-15,21-22,27H,3-11,16-18H2,1-2H3,(H2,26,28)(H,29,30). The number of carboxylic acid groups (broad SMARTS) is 1. The minimum Gasteiger partial charge on any atom is -0.481 e. The summed E-state index contributed by atoms with van der Waals surface area (Å²) >= 11 is 0. The smallest absolute Gasteiger partial charge is 0.310 e. The Bertz CT molecular complexity index is 673. The van der Waals surface area contributed by atoms with Crippen LogP contribution in [0.3, 0.4) is 0 Å². The quantitative estimate of drug-likeness (QED) is 0.379. The highest BCUT2D eigenvalue weighted by molar-refractivity contribution is 5.87. The normalized spacial score (nSPS) is 23.5. The zero-order chi connectivity index (χ0) is 22.0. The highest BCUT2D eigenvalue weighted by atomic mass is 16.4. The van der Waals surface area contributed by atoms with Crippen LogP contribution in [0.15, 0.2) is 24.3 Å². The van der Waals surface area contributed by atoms with Crippen LogP contribution in [0.4, 0.5) is 0 Å². The molecule has 1 aromatic rings. The lowest BCUT2D eigenvalue weighted by atomic mass is 9.78. The molecule has 1 aliphatic carbocycles. The second-order valence-corrected chi connectivity index (χ2v) is 9.17. The Morgan fingerprint density at radius 1 is 1.03 bits per heavy atom. The predicted molar refractivity (Wildman–Crippen MR) is 121 cm³/mol. The van der Waals surface area contributed by atoms with Crippen LogP contribution < -0.4 is 11.1 Å². The largest absolute Gasteiger partial charge is 0.481 e. The van der Waals surface area contributed by atoms with Crippen molar-refractivity contribution in [1.29, 1.82) is 0 Å². The first-order valence-electron chi connectivity index (χ1n) is 11.7. The fourth-order valence-corrected chi connectivity index (χ4v) is 4.73. The number of amides is 1. The van der Waals surface area contributed by atoms with Gasteiger partial charge >= 0.3 is 5.97 Å². The summed E-state index contributed by atoms with van der Waals surface area (Å²) in [5.74, 6) is -2.16. The molecule has 5 heteroatoms. The Balaban J connectivity index is 1.73. The first-order chi connectivity index (χ1) is 14.4. The monoisotopic (exact) mass is 416 g/mol. The number of hydrogen-bond acceptors (Lipinski definition) is 3. The van der Waals surface area contributed by atoms with Crippen molar-refractivity contribution in [3.8, 4) is 0 Å². The van der Waals surface area contributed by atoms with Crippen LogP contribution in [0.2, 0.25) is 0 Å².